The highest BCUT2D eigenvalue weighted by Gasteiger charge is 2.32. The summed E-state index contributed by atoms with van der Waals surface area (Å²) in [4.78, 5) is 6.40. The third-order valence-corrected chi connectivity index (χ3v) is 5.90. The number of fused-ring (bicyclic) bond motifs is 1. The maximum absolute atomic E-state index is 10.6. The Balaban J connectivity index is 1.41. The van der Waals surface area contributed by atoms with Crippen molar-refractivity contribution in [2.75, 3.05) is 31.8 Å². The fourth-order valence-corrected chi connectivity index (χ4v) is 4.40. The topological polar surface area (TPSA) is 87.9 Å². The second-order valence-corrected chi connectivity index (χ2v) is 7.71. The van der Waals surface area contributed by atoms with Crippen molar-refractivity contribution in [2.24, 2.45) is 0 Å². The molecule has 5 rings (SSSR count). The number of thiazole rings is 1. The Morgan fingerprint density at radius 2 is 1.87 bits per heavy atom. The molecule has 0 fully saturated rings. The molecule has 0 spiro atoms. The zero-order chi connectivity index (χ0) is 20.7. The van der Waals surface area contributed by atoms with Gasteiger partial charge in [0.1, 0.15) is 35.6 Å². The molecule has 7 nitrogen and oxygen atoms in total. The fourth-order valence-electron chi connectivity index (χ4n) is 3.51. The van der Waals surface area contributed by atoms with E-state index in [1.807, 2.05) is 47.8 Å². The molecule has 0 atom stereocenters. The van der Waals surface area contributed by atoms with Gasteiger partial charge in [-0.2, -0.15) is 0 Å². The minimum absolute atomic E-state index is 0.130. The average molecular weight is 421 g/mol. The van der Waals surface area contributed by atoms with Crippen LogP contribution in [0.15, 0.2) is 53.6 Å². The number of aliphatic hydroxyl groups is 1. The van der Waals surface area contributed by atoms with Crippen LogP contribution in [0, 0.1) is 5.41 Å². The van der Waals surface area contributed by atoms with Crippen LogP contribution in [-0.4, -0.2) is 42.8 Å². The maximum atomic E-state index is 10.6. The van der Waals surface area contributed by atoms with Crippen LogP contribution in [0.25, 0.3) is 16.8 Å². The SMILES string of the molecule is COc1ccc(-c2csc(C3=C(O)CN(c4ccc5c(c4)OCCO5)C3=N)n2)cc1. The first kappa shape index (κ1) is 18.5. The van der Waals surface area contributed by atoms with Gasteiger partial charge < -0.3 is 24.2 Å². The van der Waals surface area contributed by atoms with E-state index in [1.165, 1.54) is 11.3 Å². The number of aromatic nitrogens is 1. The van der Waals surface area contributed by atoms with Crippen LogP contribution >= 0.6 is 11.3 Å². The van der Waals surface area contributed by atoms with E-state index in [0.29, 0.717) is 35.3 Å². The molecule has 0 unspecified atom stereocenters. The molecule has 3 aromatic rings. The van der Waals surface area contributed by atoms with Gasteiger partial charge in [0.25, 0.3) is 0 Å². The molecule has 0 bridgehead atoms. The smallest absolute Gasteiger partial charge is 0.163 e. The molecule has 30 heavy (non-hydrogen) atoms. The highest BCUT2D eigenvalue weighted by molar-refractivity contribution is 7.11. The number of benzene rings is 2. The van der Waals surface area contributed by atoms with Crippen LogP contribution in [0.4, 0.5) is 5.69 Å². The van der Waals surface area contributed by atoms with Gasteiger partial charge in [0.15, 0.2) is 11.5 Å². The van der Waals surface area contributed by atoms with E-state index in [2.05, 4.69) is 4.98 Å². The van der Waals surface area contributed by atoms with Gasteiger partial charge in [-0.3, -0.25) is 5.41 Å². The van der Waals surface area contributed by atoms with Gasteiger partial charge in [0, 0.05) is 22.7 Å². The Bertz CT molecular complexity index is 1150. The summed E-state index contributed by atoms with van der Waals surface area (Å²) in [6, 6.07) is 13.2. The van der Waals surface area contributed by atoms with Crippen LogP contribution in [-0.2, 0) is 0 Å². The number of nitrogens with one attached hydrogen (secondary N) is 1. The molecular formula is C22H19N3O4S. The van der Waals surface area contributed by atoms with Crippen molar-refractivity contribution in [1.29, 1.82) is 5.41 Å². The number of amidine groups is 1. The van der Waals surface area contributed by atoms with Crippen molar-refractivity contribution < 1.29 is 19.3 Å². The number of methoxy groups -OCH3 is 1. The van der Waals surface area contributed by atoms with E-state index in [1.54, 1.807) is 12.0 Å². The molecule has 152 valence electrons. The summed E-state index contributed by atoms with van der Waals surface area (Å²) in [6.45, 7) is 1.24. The largest absolute Gasteiger partial charge is 0.510 e. The molecule has 2 aliphatic rings. The molecule has 0 saturated carbocycles. The van der Waals surface area contributed by atoms with E-state index in [-0.39, 0.29) is 18.1 Å². The summed E-state index contributed by atoms with van der Waals surface area (Å²) in [5.41, 5.74) is 2.96. The highest BCUT2D eigenvalue weighted by Crippen LogP contribution is 2.38. The van der Waals surface area contributed by atoms with Gasteiger partial charge >= 0.3 is 0 Å². The van der Waals surface area contributed by atoms with Crippen LogP contribution < -0.4 is 19.1 Å². The summed E-state index contributed by atoms with van der Waals surface area (Å²) >= 11 is 1.41. The van der Waals surface area contributed by atoms with Gasteiger partial charge in [0.2, 0.25) is 0 Å². The van der Waals surface area contributed by atoms with E-state index in [9.17, 15) is 5.11 Å². The number of nitrogens with zero attached hydrogens (tertiary/aromatic N) is 2. The molecule has 0 aliphatic carbocycles. The lowest BCUT2D eigenvalue weighted by molar-refractivity contribution is 0.171. The monoisotopic (exact) mass is 421 g/mol. The summed E-state index contributed by atoms with van der Waals surface area (Å²) in [5.74, 6) is 2.46. The average Bonchev–Trinajstić information content (AvgIpc) is 3.37. The molecule has 2 N–H and O–H groups in total. The standard InChI is InChI=1S/C22H19N3O4S/c1-27-15-5-2-13(3-6-15)16-12-30-22(24-16)20-17(26)11-25(21(20)23)14-4-7-18-19(10-14)29-9-8-28-18/h2-7,10,12,23,26H,8-9,11H2,1H3. The van der Waals surface area contributed by atoms with Crippen molar-refractivity contribution in [1.82, 2.24) is 4.98 Å². The van der Waals surface area contributed by atoms with E-state index in [0.717, 1.165) is 22.7 Å². The number of hydrogen-bond donors (Lipinski definition) is 2. The van der Waals surface area contributed by atoms with E-state index >= 15 is 0 Å². The third kappa shape index (κ3) is 3.15. The van der Waals surface area contributed by atoms with Crippen molar-refractivity contribution in [3.63, 3.8) is 0 Å². The van der Waals surface area contributed by atoms with Gasteiger partial charge in [-0.1, -0.05) is 0 Å². The summed E-state index contributed by atoms with van der Waals surface area (Å²) in [7, 11) is 1.63. The molecule has 1 aromatic heterocycles. The quantitative estimate of drug-likeness (QED) is 0.651. The summed E-state index contributed by atoms with van der Waals surface area (Å²) in [5, 5.41) is 21.8. The van der Waals surface area contributed by atoms with E-state index < -0.39 is 0 Å². The summed E-state index contributed by atoms with van der Waals surface area (Å²) < 4.78 is 16.4. The molecule has 0 saturated heterocycles. The van der Waals surface area contributed by atoms with Crippen molar-refractivity contribution in [3.05, 3.63) is 58.6 Å². The Morgan fingerprint density at radius 3 is 2.63 bits per heavy atom. The Labute approximate surface area is 177 Å². The van der Waals surface area contributed by atoms with Crippen molar-refractivity contribution in [2.45, 2.75) is 0 Å². The van der Waals surface area contributed by atoms with Crippen LogP contribution in [0.5, 0.6) is 17.2 Å². The molecule has 0 amide bonds. The molecule has 8 heteroatoms. The lowest BCUT2D eigenvalue weighted by Crippen LogP contribution is -2.26. The van der Waals surface area contributed by atoms with Gasteiger partial charge in [-0.25, -0.2) is 4.98 Å². The Morgan fingerprint density at radius 1 is 1.10 bits per heavy atom. The van der Waals surface area contributed by atoms with Crippen LogP contribution in [0.3, 0.4) is 0 Å². The predicted molar refractivity (Wildman–Crippen MR) is 116 cm³/mol. The molecule has 0 radical (unpaired) electrons. The lowest BCUT2D eigenvalue weighted by Gasteiger charge is -2.23. The molecule has 2 aliphatic heterocycles. The normalized spacial score (nSPS) is 15.6. The number of ether oxygens (including phenoxy) is 3. The number of anilines is 1. The molecule has 2 aromatic carbocycles. The zero-order valence-corrected chi connectivity index (χ0v) is 17.0. The maximum Gasteiger partial charge on any atom is 0.163 e. The minimum atomic E-state index is 0.130. The minimum Gasteiger partial charge on any atom is -0.510 e. The highest BCUT2D eigenvalue weighted by atomic mass is 32.1. The molecule has 3 heterocycles. The third-order valence-electron chi connectivity index (χ3n) is 5.04. The first-order chi connectivity index (χ1) is 14.6. The number of rotatable bonds is 4. The van der Waals surface area contributed by atoms with Gasteiger partial charge in [-0.15, -0.1) is 11.3 Å². The lowest BCUT2D eigenvalue weighted by atomic mass is 10.1. The zero-order valence-electron chi connectivity index (χ0n) is 16.2. The van der Waals surface area contributed by atoms with Crippen molar-refractivity contribution in [3.8, 4) is 28.5 Å². The van der Waals surface area contributed by atoms with Crippen molar-refractivity contribution >= 4 is 28.4 Å². The second-order valence-electron chi connectivity index (χ2n) is 6.85. The van der Waals surface area contributed by atoms with Crippen LogP contribution in [0.2, 0.25) is 0 Å². The number of hydrogen-bond acceptors (Lipinski definition) is 7. The second kappa shape index (κ2) is 7.38. The van der Waals surface area contributed by atoms with Gasteiger partial charge in [-0.05, 0) is 36.4 Å². The summed E-state index contributed by atoms with van der Waals surface area (Å²) in [6.07, 6.45) is 0. The van der Waals surface area contributed by atoms with E-state index in [4.69, 9.17) is 19.6 Å². The van der Waals surface area contributed by atoms with Crippen LogP contribution in [0.1, 0.15) is 5.01 Å². The van der Waals surface area contributed by atoms with Gasteiger partial charge in [0.05, 0.1) is 24.9 Å². The predicted octanol–water partition coefficient (Wildman–Crippen LogP) is 4.36. The number of aliphatic hydroxyl groups excluding tert-OH is 1. The first-order valence-electron chi connectivity index (χ1n) is 9.42. The fraction of sp³-hybridized carbons (Fsp3) is 0.182. The first-order valence-corrected chi connectivity index (χ1v) is 10.3. The molecular weight excluding hydrogens is 402 g/mol. The Hall–Kier alpha value is -3.52. The Kier molecular flexibility index (Phi) is 4.55.